The quantitative estimate of drug-likeness (QED) is 0.614. The Hall–Kier alpha value is -2.96. The summed E-state index contributed by atoms with van der Waals surface area (Å²) in [4.78, 5) is 17.2. The van der Waals surface area contributed by atoms with E-state index in [-0.39, 0.29) is 35.9 Å². The van der Waals surface area contributed by atoms with E-state index in [4.69, 9.17) is 16.7 Å². The minimum absolute atomic E-state index is 0.0520. The van der Waals surface area contributed by atoms with Crippen molar-refractivity contribution in [1.82, 2.24) is 10.3 Å². The van der Waals surface area contributed by atoms with E-state index >= 15 is 0 Å². The largest absolute Gasteiger partial charge is 0.350 e. The molecule has 10 heteroatoms. The minimum Gasteiger partial charge on any atom is -0.350 e. The zero-order valence-electron chi connectivity index (χ0n) is 20.1. The molecule has 1 aromatic carbocycles. The molecule has 0 spiro atoms. The Bertz CT molecular complexity index is 1380. The van der Waals surface area contributed by atoms with Gasteiger partial charge in [0.05, 0.1) is 39.5 Å². The van der Waals surface area contributed by atoms with E-state index in [0.717, 1.165) is 41.8 Å². The van der Waals surface area contributed by atoms with Crippen LogP contribution in [0, 0.1) is 23.2 Å². The molecule has 5 rings (SSSR count). The van der Waals surface area contributed by atoms with Gasteiger partial charge in [-0.15, -0.1) is 0 Å². The lowest BCUT2D eigenvalue weighted by Crippen LogP contribution is -2.41. The third-order valence-corrected chi connectivity index (χ3v) is 8.67. The number of amides is 1. The summed E-state index contributed by atoms with van der Waals surface area (Å²) in [5, 5.41) is 19.5. The Morgan fingerprint density at radius 2 is 2.00 bits per heavy atom. The van der Waals surface area contributed by atoms with Crippen LogP contribution in [0.25, 0.3) is 0 Å². The fourth-order valence-electron chi connectivity index (χ4n) is 5.73. The summed E-state index contributed by atoms with van der Waals surface area (Å²) in [5.41, 5.74) is 4.40. The second-order valence-corrected chi connectivity index (χ2v) is 12.5. The molecule has 0 saturated heterocycles. The fourth-order valence-corrected chi connectivity index (χ4v) is 6.42. The number of aryl methyl sites for hydroxylation is 1. The molecule has 36 heavy (non-hydrogen) atoms. The molecule has 1 saturated carbocycles. The van der Waals surface area contributed by atoms with Crippen molar-refractivity contribution in [3.8, 4) is 6.07 Å². The van der Waals surface area contributed by atoms with Crippen LogP contribution in [0.4, 0.5) is 5.69 Å². The van der Waals surface area contributed by atoms with Gasteiger partial charge in [-0.1, -0.05) is 24.4 Å². The van der Waals surface area contributed by atoms with Crippen molar-refractivity contribution in [2.45, 2.75) is 44.6 Å². The Morgan fingerprint density at radius 3 is 2.69 bits per heavy atom. The maximum atomic E-state index is 12.5. The molecule has 2 aliphatic carbocycles. The topological polar surface area (TPSA) is 116 Å². The Balaban J connectivity index is 1.45. The minimum atomic E-state index is -3.15. The summed E-state index contributed by atoms with van der Waals surface area (Å²) in [5.74, 6) is 0.292. The lowest BCUT2D eigenvalue weighted by molar-refractivity contribution is 0.0951. The lowest BCUT2D eigenvalue weighted by Gasteiger charge is -2.34. The number of nitrogens with one attached hydrogen (secondary N) is 1. The summed E-state index contributed by atoms with van der Waals surface area (Å²) < 4.78 is 22.7. The molecule has 2 aromatic rings. The van der Waals surface area contributed by atoms with Gasteiger partial charge in [0.2, 0.25) is 0 Å². The van der Waals surface area contributed by atoms with Crippen molar-refractivity contribution in [1.29, 1.82) is 5.26 Å². The van der Waals surface area contributed by atoms with Gasteiger partial charge in [-0.2, -0.15) is 10.4 Å². The maximum absolute atomic E-state index is 12.5. The number of nitrogens with zero attached hydrogens (tertiary/aromatic N) is 4. The van der Waals surface area contributed by atoms with E-state index in [1.165, 1.54) is 25.7 Å². The molecular formula is C26H28ClN5O3S. The SMILES string of the molecule is CS(=O)(=O)CCNC(=O)c1ccc2c(n1)CCC1C2=NN(c2ccc(C#N)c(Cl)c2)C1C1CCCC1. The van der Waals surface area contributed by atoms with Crippen LogP contribution >= 0.6 is 11.6 Å². The number of benzene rings is 1. The van der Waals surface area contributed by atoms with Crippen molar-refractivity contribution in [3.05, 3.63) is 57.9 Å². The average Bonchev–Trinajstić information content (AvgIpc) is 3.50. The number of rotatable bonds is 6. The molecule has 1 fully saturated rings. The van der Waals surface area contributed by atoms with Gasteiger partial charge in [0.1, 0.15) is 21.6 Å². The first-order valence-electron chi connectivity index (χ1n) is 12.3. The van der Waals surface area contributed by atoms with E-state index in [1.807, 2.05) is 18.2 Å². The molecule has 1 aliphatic heterocycles. The fraction of sp³-hybridized carbons (Fsp3) is 0.462. The highest BCUT2D eigenvalue weighted by Crippen LogP contribution is 2.44. The van der Waals surface area contributed by atoms with E-state index < -0.39 is 9.84 Å². The van der Waals surface area contributed by atoms with Crippen LogP contribution in [-0.2, 0) is 16.3 Å². The number of pyridine rings is 1. The third-order valence-electron chi connectivity index (χ3n) is 7.42. The Morgan fingerprint density at radius 1 is 1.22 bits per heavy atom. The lowest BCUT2D eigenvalue weighted by atomic mass is 9.76. The monoisotopic (exact) mass is 525 g/mol. The second-order valence-electron chi connectivity index (χ2n) is 9.86. The number of fused-ring (bicyclic) bond motifs is 3. The van der Waals surface area contributed by atoms with Crippen molar-refractivity contribution >= 4 is 38.7 Å². The van der Waals surface area contributed by atoms with Gasteiger partial charge >= 0.3 is 0 Å². The number of carbonyl (C=O) groups is 1. The first-order chi connectivity index (χ1) is 17.2. The van der Waals surface area contributed by atoms with Gasteiger partial charge in [0.15, 0.2) is 0 Å². The molecule has 8 nitrogen and oxygen atoms in total. The summed E-state index contributed by atoms with van der Waals surface area (Å²) in [7, 11) is -3.15. The van der Waals surface area contributed by atoms with Gasteiger partial charge in [0.25, 0.3) is 5.91 Å². The predicted octanol–water partition coefficient (Wildman–Crippen LogP) is 3.73. The highest BCUT2D eigenvalue weighted by molar-refractivity contribution is 7.90. The molecule has 1 amide bonds. The van der Waals surface area contributed by atoms with E-state index in [1.54, 1.807) is 12.1 Å². The van der Waals surface area contributed by atoms with E-state index in [2.05, 4.69) is 21.4 Å². The van der Waals surface area contributed by atoms with Crippen LogP contribution in [0.5, 0.6) is 0 Å². The number of sulfone groups is 1. The number of aromatic nitrogens is 1. The van der Waals surface area contributed by atoms with Gasteiger partial charge in [-0.3, -0.25) is 9.80 Å². The number of hydrazone groups is 1. The first-order valence-corrected chi connectivity index (χ1v) is 14.7. The summed E-state index contributed by atoms with van der Waals surface area (Å²) in [6.07, 6.45) is 7.56. The second kappa shape index (κ2) is 9.83. The molecular weight excluding hydrogens is 498 g/mol. The van der Waals surface area contributed by atoms with Gasteiger partial charge in [0, 0.05) is 24.3 Å². The Kier molecular flexibility index (Phi) is 6.75. The number of carbonyl (C=O) groups excluding carboxylic acids is 1. The van der Waals surface area contributed by atoms with Crippen LogP contribution in [0.1, 0.15) is 59.4 Å². The van der Waals surface area contributed by atoms with Crippen molar-refractivity contribution in [2.75, 3.05) is 23.6 Å². The normalized spacial score (nSPS) is 21.5. The highest BCUT2D eigenvalue weighted by atomic mass is 35.5. The molecule has 3 aliphatic rings. The number of hydrogen-bond acceptors (Lipinski definition) is 7. The number of nitriles is 1. The van der Waals surface area contributed by atoms with Crippen LogP contribution in [0.3, 0.4) is 0 Å². The highest BCUT2D eigenvalue weighted by Gasteiger charge is 2.46. The van der Waals surface area contributed by atoms with Crippen molar-refractivity contribution in [2.24, 2.45) is 16.9 Å². The molecule has 2 atom stereocenters. The third kappa shape index (κ3) is 4.84. The molecule has 188 valence electrons. The predicted molar refractivity (Wildman–Crippen MR) is 139 cm³/mol. The van der Waals surface area contributed by atoms with Crippen LogP contribution in [-0.4, -0.2) is 49.6 Å². The molecule has 0 radical (unpaired) electrons. The smallest absolute Gasteiger partial charge is 0.269 e. The van der Waals surface area contributed by atoms with Gasteiger partial charge in [-0.05, 0) is 61.9 Å². The van der Waals surface area contributed by atoms with Crippen LogP contribution < -0.4 is 10.3 Å². The molecule has 2 heterocycles. The van der Waals surface area contributed by atoms with Crippen molar-refractivity contribution in [3.63, 3.8) is 0 Å². The number of anilines is 1. The van der Waals surface area contributed by atoms with Crippen molar-refractivity contribution < 1.29 is 13.2 Å². The maximum Gasteiger partial charge on any atom is 0.269 e. The zero-order chi connectivity index (χ0) is 25.4. The summed E-state index contributed by atoms with van der Waals surface area (Å²) in [6.45, 7) is 0.0520. The van der Waals surface area contributed by atoms with Crippen LogP contribution in [0.2, 0.25) is 5.02 Å². The zero-order valence-corrected chi connectivity index (χ0v) is 21.6. The summed E-state index contributed by atoms with van der Waals surface area (Å²) >= 11 is 6.38. The standard InChI is InChI=1S/C26H28ClN5O3S/c1-36(34,35)13-12-29-26(33)23-11-8-19-22(30-23)10-9-20-24(19)31-32(25(20)16-4-2-3-5-16)18-7-6-17(15-28)21(27)14-18/h6-8,11,14,16,20,25H,2-5,9-10,12-13H2,1H3,(H,29,33). The molecule has 2 unspecified atom stereocenters. The number of hydrogen-bond donors (Lipinski definition) is 1. The number of halogens is 1. The van der Waals surface area contributed by atoms with Gasteiger partial charge < -0.3 is 5.32 Å². The van der Waals surface area contributed by atoms with E-state index in [0.29, 0.717) is 16.5 Å². The van der Waals surface area contributed by atoms with E-state index in [9.17, 15) is 18.5 Å². The van der Waals surface area contributed by atoms with Gasteiger partial charge in [-0.25, -0.2) is 13.4 Å². The average molecular weight is 526 g/mol. The summed E-state index contributed by atoms with van der Waals surface area (Å²) in [6, 6.07) is 11.4. The molecule has 0 bridgehead atoms. The molecule has 1 N–H and O–H groups in total. The first kappa shape index (κ1) is 24.7. The molecule has 1 aromatic heterocycles. The Labute approximate surface area is 216 Å². The van der Waals surface area contributed by atoms with Crippen LogP contribution in [0.15, 0.2) is 35.4 Å².